The predicted octanol–water partition coefficient (Wildman–Crippen LogP) is 1.36. The molecule has 1 amide bonds. The van der Waals surface area contributed by atoms with E-state index in [0.29, 0.717) is 25.5 Å². The van der Waals surface area contributed by atoms with Crippen LogP contribution in [0.4, 0.5) is 0 Å². The summed E-state index contributed by atoms with van der Waals surface area (Å²) in [5, 5.41) is 7.22. The summed E-state index contributed by atoms with van der Waals surface area (Å²) in [5.74, 6) is 1.14. The van der Waals surface area contributed by atoms with Gasteiger partial charge in [0, 0.05) is 19.5 Å². The molecule has 0 aliphatic carbocycles. The Morgan fingerprint density at radius 1 is 1.46 bits per heavy atom. The van der Waals surface area contributed by atoms with Gasteiger partial charge >= 0.3 is 0 Å². The second kappa shape index (κ2) is 7.55. The first-order valence-corrected chi connectivity index (χ1v) is 8.30. The quantitative estimate of drug-likeness (QED) is 0.834. The lowest BCUT2D eigenvalue weighted by atomic mass is 10.0. The average Bonchev–Trinajstić information content (AvgIpc) is 3.05. The number of carbonyl (C=O) groups is 1. The van der Waals surface area contributed by atoms with Gasteiger partial charge in [-0.2, -0.15) is 5.10 Å². The Kier molecular flexibility index (Phi) is 5.22. The van der Waals surface area contributed by atoms with Crippen molar-refractivity contribution in [3.05, 3.63) is 47.5 Å². The molecule has 7 nitrogen and oxygen atoms in total. The summed E-state index contributed by atoms with van der Waals surface area (Å²) in [4.78, 5) is 18.6. The molecule has 7 heteroatoms. The summed E-state index contributed by atoms with van der Waals surface area (Å²) in [6, 6.07) is 9.13. The zero-order valence-electron chi connectivity index (χ0n) is 13.8. The largest absolute Gasteiger partial charge is 0.368 e. The number of primary amides is 1. The van der Waals surface area contributed by atoms with E-state index in [1.54, 1.807) is 0 Å². The van der Waals surface area contributed by atoms with Gasteiger partial charge in [-0.1, -0.05) is 37.3 Å². The highest BCUT2D eigenvalue weighted by molar-refractivity contribution is 5.81. The third-order valence-electron chi connectivity index (χ3n) is 4.17. The lowest BCUT2D eigenvalue weighted by Crippen LogP contribution is -2.45. The summed E-state index contributed by atoms with van der Waals surface area (Å²) >= 11 is 0. The van der Waals surface area contributed by atoms with Crippen molar-refractivity contribution in [2.75, 3.05) is 19.7 Å². The Morgan fingerprint density at radius 3 is 2.96 bits per heavy atom. The number of aromatic nitrogens is 3. The lowest BCUT2D eigenvalue weighted by molar-refractivity contribution is -0.127. The number of aryl methyl sites for hydroxylation is 1. The molecule has 1 aromatic heterocycles. The van der Waals surface area contributed by atoms with Crippen LogP contribution in [0, 0.1) is 0 Å². The van der Waals surface area contributed by atoms with Crippen LogP contribution in [-0.2, 0) is 16.0 Å². The van der Waals surface area contributed by atoms with Crippen LogP contribution in [0.1, 0.15) is 42.7 Å². The molecule has 2 aromatic rings. The van der Waals surface area contributed by atoms with Crippen LogP contribution in [0.3, 0.4) is 0 Å². The van der Waals surface area contributed by atoms with Gasteiger partial charge in [0.25, 0.3) is 0 Å². The van der Waals surface area contributed by atoms with E-state index in [-0.39, 0.29) is 12.0 Å². The number of aromatic amines is 1. The maximum Gasteiger partial charge on any atom is 0.239 e. The summed E-state index contributed by atoms with van der Waals surface area (Å²) in [5.41, 5.74) is 6.56. The maximum absolute atomic E-state index is 12.0. The Hall–Kier alpha value is -2.25. The fourth-order valence-corrected chi connectivity index (χ4v) is 3.05. The number of hydrogen-bond acceptors (Lipinski definition) is 5. The normalized spacial score (nSPS) is 20.0. The Bertz CT molecular complexity index is 673. The minimum Gasteiger partial charge on any atom is -0.368 e. The van der Waals surface area contributed by atoms with Gasteiger partial charge in [-0.05, 0) is 12.0 Å². The van der Waals surface area contributed by atoms with Crippen LogP contribution in [0.2, 0.25) is 0 Å². The van der Waals surface area contributed by atoms with Crippen molar-refractivity contribution < 1.29 is 9.53 Å². The number of nitrogens with one attached hydrogen (secondary N) is 1. The molecule has 0 bridgehead atoms. The molecule has 128 valence electrons. The van der Waals surface area contributed by atoms with Crippen molar-refractivity contribution in [2.45, 2.75) is 31.9 Å². The Balaban J connectivity index is 1.77. The van der Waals surface area contributed by atoms with Crippen LogP contribution in [0.25, 0.3) is 0 Å². The molecule has 3 N–H and O–H groups in total. The third kappa shape index (κ3) is 3.63. The summed E-state index contributed by atoms with van der Waals surface area (Å²) in [7, 11) is 0. The number of ether oxygens (including phenoxy) is 1. The van der Waals surface area contributed by atoms with Gasteiger partial charge in [-0.15, -0.1) is 0 Å². The SMILES string of the molecule is CCCc1nc([C@H]2CN([C@H](C(N)=O)c3ccccc3)CCO2)n[nH]1. The van der Waals surface area contributed by atoms with Crippen molar-refractivity contribution in [3.63, 3.8) is 0 Å². The lowest BCUT2D eigenvalue weighted by Gasteiger charge is -2.36. The van der Waals surface area contributed by atoms with Crippen LogP contribution in [0.5, 0.6) is 0 Å². The van der Waals surface area contributed by atoms with Crippen molar-refractivity contribution in [1.82, 2.24) is 20.1 Å². The predicted molar refractivity (Wildman–Crippen MR) is 89.0 cm³/mol. The molecular weight excluding hydrogens is 306 g/mol. The maximum atomic E-state index is 12.0. The Labute approximate surface area is 141 Å². The van der Waals surface area contributed by atoms with Crippen LogP contribution in [-0.4, -0.2) is 45.7 Å². The van der Waals surface area contributed by atoms with E-state index in [4.69, 9.17) is 10.5 Å². The molecule has 0 unspecified atom stereocenters. The number of amides is 1. The number of H-pyrrole nitrogens is 1. The van der Waals surface area contributed by atoms with Gasteiger partial charge in [0.05, 0.1) is 6.61 Å². The number of nitrogens with zero attached hydrogens (tertiary/aromatic N) is 3. The van der Waals surface area contributed by atoms with Crippen molar-refractivity contribution in [2.24, 2.45) is 5.73 Å². The van der Waals surface area contributed by atoms with Gasteiger partial charge in [0.2, 0.25) is 5.91 Å². The standard InChI is InChI=1S/C17H23N5O2/c1-2-6-14-19-17(21-20-14)13-11-22(9-10-24-13)15(16(18)23)12-7-4-3-5-8-12/h3-5,7-8,13,15H,2,6,9-11H2,1H3,(H2,18,23)(H,19,20,21)/t13-,15+/m1/s1. The monoisotopic (exact) mass is 329 g/mol. The van der Waals surface area contributed by atoms with E-state index in [9.17, 15) is 4.79 Å². The van der Waals surface area contributed by atoms with Crippen molar-refractivity contribution in [3.8, 4) is 0 Å². The first kappa shape index (κ1) is 16.6. The molecule has 1 fully saturated rings. The van der Waals surface area contributed by atoms with E-state index in [1.807, 2.05) is 35.2 Å². The van der Waals surface area contributed by atoms with Gasteiger partial charge < -0.3 is 10.5 Å². The number of rotatable bonds is 6. The van der Waals surface area contributed by atoms with Gasteiger partial charge in [-0.25, -0.2) is 4.98 Å². The second-order valence-corrected chi connectivity index (χ2v) is 5.96. The zero-order chi connectivity index (χ0) is 16.9. The molecule has 1 aliphatic heterocycles. The molecule has 24 heavy (non-hydrogen) atoms. The van der Waals surface area contributed by atoms with Crippen LogP contribution >= 0.6 is 0 Å². The minimum absolute atomic E-state index is 0.258. The molecule has 1 aliphatic rings. The number of morpholine rings is 1. The van der Waals surface area contributed by atoms with Crippen LogP contribution in [0.15, 0.2) is 30.3 Å². The van der Waals surface area contributed by atoms with E-state index < -0.39 is 6.04 Å². The van der Waals surface area contributed by atoms with Gasteiger partial charge in [0.15, 0.2) is 5.82 Å². The molecule has 0 radical (unpaired) electrons. The molecule has 2 heterocycles. The summed E-state index contributed by atoms with van der Waals surface area (Å²) < 4.78 is 5.81. The first-order valence-electron chi connectivity index (χ1n) is 8.30. The molecule has 0 spiro atoms. The van der Waals surface area contributed by atoms with E-state index in [1.165, 1.54) is 0 Å². The van der Waals surface area contributed by atoms with E-state index in [0.717, 1.165) is 24.2 Å². The number of hydrogen-bond donors (Lipinski definition) is 2. The highest BCUT2D eigenvalue weighted by Gasteiger charge is 2.33. The first-order chi connectivity index (χ1) is 11.7. The van der Waals surface area contributed by atoms with Crippen molar-refractivity contribution >= 4 is 5.91 Å². The smallest absolute Gasteiger partial charge is 0.239 e. The molecule has 1 aromatic carbocycles. The molecule has 3 rings (SSSR count). The van der Waals surface area contributed by atoms with Gasteiger partial charge in [-0.3, -0.25) is 14.8 Å². The van der Waals surface area contributed by atoms with Gasteiger partial charge in [0.1, 0.15) is 18.0 Å². The number of carbonyl (C=O) groups excluding carboxylic acids is 1. The summed E-state index contributed by atoms with van der Waals surface area (Å²) in [6.07, 6.45) is 1.60. The fraction of sp³-hybridized carbons (Fsp3) is 0.471. The molecular formula is C17H23N5O2. The van der Waals surface area contributed by atoms with E-state index in [2.05, 4.69) is 22.1 Å². The molecule has 1 saturated heterocycles. The number of nitrogens with two attached hydrogens (primary N) is 1. The highest BCUT2D eigenvalue weighted by atomic mass is 16.5. The average molecular weight is 329 g/mol. The topological polar surface area (TPSA) is 97.1 Å². The Morgan fingerprint density at radius 2 is 2.25 bits per heavy atom. The highest BCUT2D eigenvalue weighted by Crippen LogP contribution is 2.27. The third-order valence-corrected chi connectivity index (χ3v) is 4.17. The minimum atomic E-state index is -0.466. The molecule has 2 atom stereocenters. The number of benzene rings is 1. The van der Waals surface area contributed by atoms with Crippen LogP contribution < -0.4 is 5.73 Å². The zero-order valence-corrected chi connectivity index (χ0v) is 13.8. The summed E-state index contributed by atoms with van der Waals surface area (Å²) in [6.45, 7) is 3.79. The van der Waals surface area contributed by atoms with Crippen molar-refractivity contribution in [1.29, 1.82) is 0 Å². The van der Waals surface area contributed by atoms with E-state index >= 15 is 0 Å². The molecule has 0 saturated carbocycles. The second-order valence-electron chi connectivity index (χ2n) is 5.96. The fourth-order valence-electron chi connectivity index (χ4n) is 3.05.